The van der Waals surface area contributed by atoms with E-state index in [0.29, 0.717) is 4.47 Å². The number of pyridine rings is 1. The van der Waals surface area contributed by atoms with E-state index in [9.17, 15) is 4.39 Å². The number of hydrazine groups is 1. The minimum absolute atomic E-state index is 0.228. The van der Waals surface area contributed by atoms with Crippen LogP contribution in [0.3, 0.4) is 0 Å². The van der Waals surface area contributed by atoms with E-state index in [2.05, 4.69) is 26.3 Å². The number of nitrogens with one attached hydrogen (secondary N) is 1. The smallest absolute Gasteiger partial charge is 0.137 e. The lowest BCUT2D eigenvalue weighted by Gasteiger charge is -2.17. The molecule has 3 nitrogen and oxygen atoms in total. The van der Waals surface area contributed by atoms with Gasteiger partial charge in [-0.2, -0.15) is 0 Å². The highest BCUT2D eigenvalue weighted by molar-refractivity contribution is 9.10. The van der Waals surface area contributed by atoms with E-state index in [-0.39, 0.29) is 11.9 Å². The SMILES string of the molecule is NNC(c1ccc(F)c(Br)c1)c1ccc2cccnc2c1. The van der Waals surface area contributed by atoms with Crippen LogP contribution in [0.1, 0.15) is 17.2 Å². The molecule has 0 bridgehead atoms. The molecule has 0 aliphatic heterocycles. The molecule has 1 unspecified atom stereocenters. The van der Waals surface area contributed by atoms with Gasteiger partial charge in [0.25, 0.3) is 0 Å². The Morgan fingerprint density at radius 2 is 1.86 bits per heavy atom. The Hall–Kier alpha value is -1.82. The lowest BCUT2D eigenvalue weighted by atomic mass is 9.98. The fraction of sp³-hybridized carbons (Fsp3) is 0.0625. The summed E-state index contributed by atoms with van der Waals surface area (Å²) < 4.78 is 13.8. The van der Waals surface area contributed by atoms with Crippen molar-refractivity contribution in [2.75, 3.05) is 0 Å². The molecule has 0 radical (unpaired) electrons. The Morgan fingerprint density at radius 1 is 1.10 bits per heavy atom. The Labute approximate surface area is 130 Å². The first kappa shape index (κ1) is 14.1. The Kier molecular flexibility index (Phi) is 3.96. The maximum Gasteiger partial charge on any atom is 0.137 e. The second-order valence-electron chi connectivity index (χ2n) is 4.73. The highest BCUT2D eigenvalue weighted by Crippen LogP contribution is 2.27. The summed E-state index contributed by atoms with van der Waals surface area (Å²) in [4.78, 5) is 4.35. The van der Waals surface area contributed by atoms with Crippen molar-refractivity contribution in [2.45, 2.75) is 6.04 Å². The van der Waals surface area contributed by atoms with E-state index in [1.807, 2.05) is 30.3 Å². The third-order valence-corrected chi connectivity index (χ3v) is 4.01. The number of rotatable bonds is 3. The molecule has 0 amide bonds. The number of aromatic nitrogens is 1. The van der Waals surface area contributed by atoms with Crippen LogP contribution < -0.4 is 11.3 Å². The summed E-state index contributed by atoms with van der Waals surface area (Å²) in [5, 5.41) is 1.07. The van der Waals surface area contributed by atoms with Crippen LogP contribution >= 0.6 is 15.9 Å². The first-order chi connectivity index (χ1) is 10.2. The Morgan fingerprint density at radius 3 is 2.62 bits per heavy atom. The van der Waals surface area contributed by atoms with Crippen LogP contribution in [0.15, 0.2) is 59.2 Å². The fourth-order valence-corrected chi connectivity index (χ4v) is 2.74. The molecule has 0 saturated carbocycles. The number of hydrogen-bond acceptors (Lipinski definition) is 3. The van der Waals surface area contributed by atoms with Gasteiger partial charge in [0.15, 0.2) is 0 Å². The number of hydrogen-bond donors (Lipinski definition) is 2. The standard InChI is InChI=1S/C16H13BrFN3/c17-13-8-11(5-6-14(13)18)16(21-19)12-4-3-10-2-1-7-20-15(10)9-12/h1-9,16,21H,19H2. The summed E-state index contributed by atoms with van der Waals surface area (Å²) in [7, 11) is 0. The van der Waals surface area contributed by atoms with Crippen molar-refractivity contribution >= 4 is 26.8 Å². The Balaban J connectivity index is 2.06. The summed E-state index contributed by atoms with van der Waals surface area (Å²) in [5.41, 5.74) is 5.52. The number of benzene rings is 2. The molecule has 0 saturated heterocycles. The molecule has 21 heavy (non-hydrogen) atoms. The molecule has 0 fully saturated rings. The summed E-state index contributed by atoms with van der Waals surface area (Å²) in [6, 6.07) is 14.5. The molecular formula is C16H13BrFN3. The lowest BCUT2D eigenvalue weighted by molar-refractivity contribution is 0.610. The van der Waals surface area contributed by atoms with E-state index in [1.54, 1.807) is 18.3 Å². The molecule has 3 aromatic rings. The van der Waals surface area contributed by atoms with Crippen LogP contribution in [-0.2, 0) is 0 Å². The van der Waals surface area contributed by atoms with Gasteiger partial charge in [0.2, 0.25) is 0 Å². The van der Waals surface area contributed by atoms with Crippen molar-refractivity contribution in [3.63, 3.8) is 0 Å². The number of nitrogens with two attached hydrogens (primary N) is 1. The maximum atomic E-state index is 13.4. The van der Waals surface area contributed by atoms with Gasteiger partial charge in [-0.1, -0.05) is 24.3 Å². The third kappa shape index (κ3) is 2.81. The van der Waals surface area contributed by atoms with Gasteiger partial charge in [-0.05, 0) is 51.3 Å². The molecule has 3 N–H and O–H groups in total. The molecule has 106 valence electrons. The van der Waals surface area contributed by atoms with Crippen LogP contribution in [0.5, 0.6) is 0 Å². The van der Waals surface area contributed by atoms with Crippen molar-refractivity contribution in [3.8, 4) is 0 Å². The van der Waals surface area contributed by atoms with Gasteiger partial charge in [0.05, 0.1) is 16.0 Å². The van der Waals surface area contributed by atoms with Crippen molar-refractivity contribution < 1.29 is 4.39 Å². The van der Waals surface area contributed by atoms with Crippen LogP contribution in [-0.4, -0.2) is 4.98 Å². The van der Waals surface area contributed by atoms with Crippen molar-refractivity contribution in [3.05, 3.63) is 76.1 Å². The molecule has 2 aromatic carbocycles. The van der Waals surface area contributed by atoms with Gasteiger partial charge < -0.3 is 0 Å². The van der Waals surface area contributed by atoms with E-state index in [4.69, 9.17) is 5.84 Å². The number of halogens is 2. The summed E-state index contributed by atoms with van der Waals surface area (Å²) in [6.07, 6.45) is 1.76. The molecule has 3 rings (SSSR count). The van der Waals surface area contributed by atoms with Crippen LogP contribution in [0.2, 0.25) is 0 Å². The zero-order valence-corrected chi connectivity index (χ0v) is 12.6. The predicted octanol–water partition coefficient (Wildman–Crippen LogP) is 3.69. The van der Waals surface area contributed by atoms with Gasteiger partial charge in [-0.3, -0.25) is 10.8 Å². The molecule has 0 aliphatic rings. The minimum atomic E-state index is -0.297. The van der Waals surface area contributed by atoms with Crippen molar-refractivity contribution in [1.29, 1.82) is 0 Å². The van der Waals surface area contributed by atoms with Gasteiger partial charge >= 0.3 is 0 Å². The molecule has 1 atom stereocenters. The maximum absolute atomic E-state index is 13.4. The monoisotopic (exact) mass is 345 g/mol. The van der Waals surface area contributed by atoms with Gasteiger partial charge in [0, 0.05) is 11.6 Å². The van der Waals surface area contributed by atoms with Crippen LogP contribution in [0, 0.1) is 5.82 Å². The average molecular weight is 346 g/mol. The van der Waals surface area contributed by atoms with Gasteiger partial charge in [0.1, 0.15) is 5.82 Å². The normalized spacial score (nSPS) is 12.5. The Bertz CT molecular complexity index is 791. The summed E-state index contributed by atoms with van der Waals surface area (Å²) in [5.74, 6) is 5.39. The quantitative estimate of drug-likeness (QED) is 0.562. The third-order valence-electron chi connectivity index (χ3n) is 3.41. The fourth-order valence-electron chi connectivity index (χ4n) is 2.34. The van der Waals surface area contributed by atoms with Crippen molar-refractivity contribution in [2.24, 2.45) is 5.84 Å². The van der Waals surface area contributed by atoms with Gasteiger partial charge in [-0.25, -0.2) is 9.82 Å². The lowest BCUT2D eigenvalue weighted by Crippen LogP contribution is -2.28. The van der Waals surface area contributed by atoms with E-state index in [0.717, 1.165) is 22.0 Å². The summed E-state index contributed by atoms with van der Waals surface area (Å²) in [6.45, 7) is 0. The molecule has 1 heterocycles. The second-order valence-corrected chi connectivity index (χ2v) is 5.58. The first-order valence-electron chi connectivity index (χ1n) is 6.45. The molecular weight excluding hydrogens is 333 g/mol. The van der Waals surface area contributed by atoms with Gasteiger partial charge in [-0.15, -0.1) is 0 Å². The highest BCUT2D eigenvalue weighted by atomic mass is 79.9. The topological polar surface area (TPSA) is 50.9 Å². The number of fused-ring (bicyclic) bond motifs is 1. The highest BCUT2D eigenvalue weighted by Gasteiger charge is 2.14. The van der Waals surface area contributed by atoms with Crippen molar-refractivity contribution in [1.82, 2.24) is 10.4 Å². The molecule has 1 aromatic heterocycles. The van der Waals surface area contributed by atoms with E-state index < -0.39 is 0 Å². The predicted molar refractivity (Wildman–Crippen MR) is 85.0 cm³/mol. The largest absolute Gasteiger partial charge is 0.271 e. The average Bonchev–Trinajstić information content (AvgIpc) is 2.51. The number of nitrogens with zero attached hydrogens (tertiary/aromatic N) is 1. The van der Waals surface area contributed by atoms with E-state index >= 15 is 0 Å². The van der Waals surface area contributed by atoms with E-state index in [1.165, 1.54) is 6.07 Å². The zero-order chi connectivity index (χ0) is 14.8. The van der Waals surface area contributed by atoms with Crippen LogP contribution in [0.4, 0.5) is 4.39 Å². The second kappa shape index (κ2) is 5.89. The molecule has 0 aliphatic carbocycles. The minimum Gasteiger partial charge on any atom is -0.271 e. The van der Waals surface area contributed by atoms with Crippen LogP contribution in [0.25, 0.3) is 10.9 Å². The molecule has 0 spiro atoms. The zero-order valence-electron chi connectivity index (χ0n) is 11.1. The summed E-state index contributed by atoms with van der Waals surface area (Å²) >= 11 is 3.20. The molecule has 5 heteroatoms. The first-order valence-corrected chi connectivity index (χ1v) is 7.24.